The summed E-state index contributed by atoms with van der Waals surface area (Å²) in [6.45, 7) is 2.03. The zero-order chi connectivity index (χ0) is 13.0. The molecule has 0 amide bonds. The van der Waals surface area contributed by atoms with Crippen LogP contribution < -0.4 is 9.47 Å². The van der Waals surface area contributed by atoms with Crippen molar-refractivity contribution in [2.24, 2.45) is 0 Å². The summed E-state index contributed by atoms with van der Waals surface area (Å²) in [5, 5.41) is 0.761. The monoisotopic (exact) mass is 306 g/mol. The van der Waals surface area contributed by atoms with E-state index in [0.29, 0.717) is 0 Å². The van der Waals surface area contributed by atoms with Crippen LogP contribution in [0.2, 0.25) is 0 Å². The minimum absolute atomic E-state index is 0.733. The van der Waals surface area contributed by atoms with E-state index < -0.39 is 0 Å². The number of alkyl halides is 1. The van der Waals surface area contributed by atoms with Gasteiger partial charge in [0.1, 0.15) is 5.75 Å². The smallest absolute Gasteiger partial charge is 0.169 e. The Balaban J connectivity index is 2.33. The lowest BCUT2D eigenvalue weighted by Crippen LogP contribution is -1.93. The third-order valence-corrected chi connectivity index (χ3v) is 3.26. The number of methoxy groups -OCH3 is 1. The summed E-state index contributed by atoms with van der Waals surface area (Å²) in [5.74, 6) is 2.33. The highest BCUT2D eigenvalue weighted by Gasteiger charge is 2.08. The van der Waals surface area contributed by atoms with Gasteiger partial charge in [0, 0.05) is 10.9 Å². The van der Waals surface area contributed by atoms with Crippen LogP contribution in [0.5, 0.6) is 17.2 Å². The molecule has 0 saturated carbocycles. The van der Waals surface area contributed by atoms with Gasteiger partial charge in [0.15, 0.2) is 11.5 Å². The molecule has 2 rings (SSSR count). The zero-order valence-electron chi connectivity index (χ0n) is 10.4. The summed E-state index contributed by atoms with van der Waals surface area (Å²) >= 11 is 3.46. The van der Waals surface area contributed by atoms with Crippen LogP contribution in [0, 0.1) is 6.92 Å². The Morgan fingerprint density at radius 1 is 1.00 bits per heavy atom. The Kier molecular flexibility index (Phi) is 4.26. The van der Waals surface area contributed by atoms with Gasteiger partial charge in [-0.2, -0.15) is 0 Å². The van der Waals surface area contributed by atoms with Crippen LogP contribution in [0.1, 0.15) is 11.1 Å². The largest absolute Gasteiger partial charge is 0.493 e. The summed E-state index contributed by atoms with van der Waals surface area (Å²) in [7, 11) is 1.65. The lowest BCUT2D eigenvalue weighted by molar-refractivity contribution is 0.377. The fourth-order valence-electron chi connectivity index (χ4n) is 1.69. The van der Waals surface area contributed by atoms with E-state index in [1.807, 2.05) is 49.4 Å². The quantitative estimate of drug-likeness (QED) is 0.763. The Morgan fingerprint density at radius 3 is 2.50 bits per heavy atom. The Hall–Kier alpha value is -1.48. The first kappa shape index (κ1) is 13.0. The summed E-state index contributed by atoms with van der Waals surface area (Å²) < 4.78 is 11.3. The maximum atomic E-state index is 5.92. The van der Waals surface area contributed by atoms with Crippen LogP contribution in [0.25, 0.3) is 0 Å². The molecule has 0 spiro atoms. The molecule has 2 aromatic carbocycles. The van der Waals surface area contributed by atoms with E-state index in [-0.39, 0.29) is 0 Å². The fourth-order valence-corrected chi connectivity index (χ4v) is 2.15. The predicted octanol–water partition coefficient (Wildman–Crippen LogP) is 4.69. The van der Waals surface area contributed by atoms with Crippen molar-refractivity contribution in [1.82, 2.24) is 0 Å². The van der Waals surface area contributed by atoms with Gasteiger partial charge < -0.3 is 9.47 Å². The normalized spacial score (nSPS) is 10.2. The molecule has 0 unspecified atom stereocenters. The number of aryl methyl sites for hydroxylation is 1. The molecule has 0 bridgehead atoms. The van der Waals surface area contributed by atoms with Gasteiger partial charge in [-0.1, -0.05) is 40.2 Å². The number of hydrogen-bond donors (Lipinski definition) is 0. The van der Waals surface area contributed by atoms with Gasteiger partial charge in [0.25, 0.3) is 0 Å². The minimum Gasteiger partial charge on any atom is -0.493 e. The molecule has 2 aromatic rings. The van der Waals surface area contributed by atoms with Gasteiger partial charge in [0.05, 0.1) is 7.11 Å². The molecule has 0 aromatic heterocycles. The molecule has 94 valence electrons. The molecule has 18 heavy (non-hydrogen) atoms. The van der Waals surface area contributed by atoms with E-state index in [1.54, 1.807) is 7.11 Å². The van der Waals surface area contributed by atoms with Gasteiger partial charge in [-0.05, 0) is 30.7 Å². The standard InChI is InChI=1S/C15H15BrO2/c1-11-7-8-14(15(9-11)17-2)18-13-6-4-3-5-12(13)10-16/h3-9H,10H2,1-2H3. The van der Waals surface area contributed by atoms with Crippen molar-refractivity contribution in [2.45, 2.75) is 12.3 Å². The predicted molar refractivity (Wildman–Crippen MR) is 76.9 cm³/mol. The molecule has 0 heterocycles. The average Bonchev–Trinajstić information content (AvgIpc) is 2.41. The molecule has 2 nitrogen and oxygen atoms in total. The number of benzene rings is 2. The number of rotatable bonds is 4. The average molecular weight is 307 g/mol. The number of para-hydroxylation sites is 1. The number of ether oxygens (including phenoxy) is 2. The van der Waals surface area contributed by atoms with Gasteiger partial charge in [0.2, 0.25) is 0 Å². The summed E-state index contributed by atoms with van der Waals surface area (Å²) in [5.41, 5.74) is 2.26. The zero-order valence-corrected chi connectivity index (χ0v) is 12.0. The Bertz CT molecular complexity index is 538. The first-order valence-corrected chi connectivity index (χ1v) is 6.83. The highest BCUT2D eigenvalue weighted by atomic mass is 79.9. The molecule has 0 aliphatic carbocycles. The minimum atomic E-state index is 0.733. The first-order valence-electron chi connectivity index (χ1n) is 5.71. The van der Waals surface area contributed by atoms with Crippen LogP contribution >= 0.6 is 15.9 Å². The van der Waals surface area contributed by atoms with E-state index in [9.17, 15) is 0 Å². The van der Waals surface area contributed by atoms with Crippen LogP contribution in [-0.2, 0) is 5.33 Å². The van der Waals surface area contributed by atoms with E-state index in [0.717, 1.165) is 33.7 Å². The molecule has 0 N–H and O–H groups in total. The molecule has 0 atom stereocenters. The Labute approximate surface area is 116 Å². The topological polar surface area (TPSA) is 18.5 Å². The lowest BCUT2D eigenvalue weighted by Gasteiger charge is -2.13. The maximum absolute atomic E-state index is 5.92. The number of hydrogen-bond acceptors (Lipinski definition) is 2. The molecule has 0 aliphatic rings. The van der Waals surface area contributed by atoms with Gasteiger partial charge >= 0.3 is 0 Å². The summed E-state index contributed by atoms with van der Waals surface area (Å²) in [6.07, 6.45) is 0. The van der Waals surface area contributed by atoms with Gasteiger partial charge in [-0.3, -0.25) is 0 Å². The molecular weight excluding hydrogens is 292 g/mol. The second-order valence-corrected chi connectivity index (χ2v) is 4.56. The second kappa shape index (κ2) is 5.91. The van der Waals surface area contributed by atoms with Crippen LogP contribution in [0.3, 0.4) is 0 Å². The van der Waals surface area contributed by atoms with E-state index in [1.165, 1.54) is 0 Å². The van der Waals surface area contributed by atoms with Crippen molar-refractivity contribution in [1.29, 1.82) is 0 Å². The van der Waals surface area contributed by atoms with Crippen molar-refractivity contribution in [3.8, 4) is 17.2 Å². The van der Waals surface area contributed by atoms with Crippen molar-refractivity contribution in [2.75, 3.05) is 7.11 Å². The molecule has 3 heteroatoms. The van der Waals surface area contributed by atoms with Crippen LogP contribution in [0.15, 0.2) is 42.5 Å². The molecule has 0 fully saturated rings. The van der Waals surface area contributed by atoms with Crippen LogP contribution in [0.4, 0.5) is 0 Å². The fraction of sp³-hybridized carbons (Fsp3) is 0.200. The van der Waals surface area contributed by atoms with E-state index in [4.69, 9.17) is 9.47 Å². The second-order valence-electron chi connectivity index (χ2n) is 4.00. The molecule has 0 saturated heterocycles. The first-order chi connectivity index (χ1) is 8.74. The van der Waals surface area contributed by atoms with Crippen molar-refractivity contribution < 1.29 is 9.47 Å². The summed E-state index contributed by atoms with van der Waals surface area (Å²) in [4.78, 5) is 0. The van der Waals surface area contributed by atoms with Crippen LogP contribution in [-0.4, -0.2) is 7.11 Å². The summed E-state index contributed by atoms with van der Waals surface area (Å²) in [6, 6.07) is 13.8. The van der Waals surface area contributed by atoms with Gasteiger partial charge in [-0.15, -0.1) is 0 Å². The highest BCUT2D eigenvalue weighted by molar-refractivity contribution is 9.08. The van der Waals surface area contributed by atoms with E-state index in [2.05, 4.69) is 15.9 Å². The molecule has 0 aliphatic heterocycles. The van der Waals surface area contributed by atoms with Crippen molar-refractivity contribution in [3.05, 3.63) is 53.6 Å². The third-order valence-electron chi connectivity index (χ3n) is 2.66. The van der Waals surface area contributed by atoms with Crippen molar-refractivity contribution in [3.63, 3.8) is 0 Å². The SMILES string of the molecule is COc1cc(C)ccc1Oc1ccccc1CBr. The van der Waals surface area contributed by atoms with Gasteiger partial charge in [-0.25, -0.2) is 0 Å². The Morgan fingerprint density at radius 2 is 1.78 bits per heavy atom. The lowest BCUT2D eigenvalue weighted by atomic mass is 10.2. The maximum Gasteiger partial charge on any atom is 0.169 e. The van der Waals surface area contributed by atoms with Crippen molar-refractivity contribution >= 4 is 15.9 Å². The third kappa shape index (κ3) is 2.85. The molecular formula is C15H15BrO2. The highest BCUT2D eigenvalue weighted by Crippen LogP contribution is 2.34. The van der Waals surface area contributed by atoms with E-state index >= 15 is 0 Å². The molecule has 0 radical (unpaired) electrons. The number of halogens is 1.